The molecule has 2 rings (SSSR count). The summed E-state index contributed by atoms with van der Waals surface area (Å²) in [5.41, 5.74) is 1.14. The van der Waals surface area contributed by atoms with E-state index in [1.807, 2.05) is 30.3 Å². The number of aromatic nitrogens is 2. The summed E-state index contributed by atoms with van der Waals surface area (Å²) in [5.74, 6) is -0.240. The van der Waals surface area contributed by atoms with Gasteiger partial charge in [-0.25, -0.2) is 4.79 Å². The lowest BCUT2D eigenvalue weighted by Gasteiger charge is -2.18. The minimum Gasteiger partial charge on any atom is -0.461 e. The van der Waals surface area contributed by atoms with Gasteiger partial charge in [-0.2, -0.15) is 9.78 Å². The van der Waals surface area contributed by atoms with Crippen molar-refractivity contribution in [2.24, 2.45) is 0 Å². The van der Waals surface area contributed by atoms with Crippen molar-refractivity contribution in [2.45, 2.75) is 52.2 Å². The maximum atomic E-state index is 11.9. The monoisotopic (exact) mass is 344 g/mol. The number of hydrogen-bond acceptors (Lipinski definition) is 5. The SMILES string of the molecule is CC(C)(C)OC(=O)n1ccc(CCCC(=O)OCc2ccccc2)n1. The fourth-order valence-corrected chi connectivity index (χ4v) is 2.13. The van der Waals surface area contributed by atoms with Gasteiger partial charge < -0.3 is 9.47 Å². The highest BCUT2D eigenvalue weighted by Gasteiger charge is 2.18. The zero-order chi connectivity index (χ0) is 18.3. The fraction of sp³-hybridized carbons (Fsp3) is 0.421. The van der Waals surface area contributed by atoms with Gasteiger partial charge in [-0.05, 0) is 45.2 Å². The topological polar surface area (TPSA) is 70.4 Å². The van der Waals surface area contributed by atoms with Gasteiger partial charge in [0.25, 0.3) is 0 Å². The molecule has 0 unspecified atom stereocenters. The molecule has 0 fully saturated rings. The van der Waals surface area contributed by atoms with Gasteiger partial charge in [-0.15, -0.1) is 0 Å². The van der Waals surface area contributed by atoms with Crippen LogP contribution in [0.15, 0.2) is 42.6 Å². The molecule has 0 aliphatic heterocycles. The lowest BCUT2D eigenvalue weighted by atomic mass is 10.2. The number of aryl methyl sites for hydroxylation is 1. The second-order valence-corrected chi connectivity index (χ2v) is 6.73. The molecule has 1 heterocycles. The van der Waals surface area contributed by atoms with Gasteiger partial charge in [0.15, 0.2) is 0 Å². The van der Waals surface area contributed by atoms with E-state index in [4.69, 9.17) is 9.47 Å². The van der Waals surface area contributed by atoms with E-state index in [0.717, 1.165) is 11.3 Å². The average Bonchev–Trinajstić information content (AvgIpc) is 3.01. The highest BCUT2D eigenvalue weighted by molar-refractivity contribution is 5.70. The summed E-state index contributed by atoms with van der Waals surface area (Å²) in [4.78, 5) is 23.6. The van der Waals surface area contributed by atoms with Crippen molar-refractivity contribution >= 4 is 12.1 Å². The molecule has 0 saturated carbocycles. The second kappa shape index (κ2) is 8.46. The summed E-state index contributed by atoms with van der Waals surface area (Å²) in [6.45, 7) is 5.69. The molecular formula is C19H24N2O4. The first-order valence-corrected chi connectivity index (χ1v) is 8.31. The summed E-state index contributed by atoms with van der Waals surface area (Å²) in [5, 5.41) is 4.17. The van der Waals surface area contributed by atoms with Gasteiger partial charge >= 0.3 is 12.1 Å². The maximum absolute atomic E-state index is 11.9. The third-order valence-corrected chi connectivity index (χ3v) is 3.28. The molecule has 0 radical (unpaired) electrons. The van der Waals surface area contributed by atoms with Crippen molar-refractivity contribution in [3.05, 3.63) is 53.9 Å². The number of carbonyl (C=O) groups is 2. The van der Waals surface area contributed by atoms with Crippen molar-refractivity contribution < 1.29 is 19.1 Å². The molecule has 0 aliphatic carbocycles. The van der Waals surface area contributed by atoms with E-state index in [9.17, 15) is 9.59 Å². The number of carbonyl (C=O) groups excluding carboxylic acids is 2. The van der Waals surface area contributed by atoms with Crippen LogP contribution >= 0.6 is 0 Å². The van der Waals surface area contributed by atoms with Crippen LogP contribution in [0.4, 0.5) is 4.79 Å². The van der Waals surface area contributed by atoms with Crippen molar-refractivity contribution in [1.29, 1.82) is 0 Å². The molecule has 134 valence electrons. The molecular weight excluding hydrogens is 320 g/mol. The minimum absolute atomic E-state index is 0.240. The number of rotatable bonds is 6. The summed E-state index contributed by atoms with van der Waals surface area (Å²) < 4.78 is 11.6. The molecule has 0 bridgehead atoms. The Kier molecular flexibility index (Phi) is 6.33. The normalized spacial score (nSPS) is 11.2. The van der Waals surface area contributed by atoms with Crippen LogP contribution < -0.4 is 0 Å². The van der Waals surface area contributed by atoms with Gasteiger partial charge in [0, 0.05) is 12.6 Å². The maximum Gasteiger partial charge on any atom is 0.435 e. The highest BCUT2D eigenvalue weighted by Crippen LogP contribution is 2.10. The first-order valence-electron chi connectivity index (χ1n) is 8.31. The Balaban J connectivity index is 1.71. The Morgan fingerprint density at radius 2 is 1.84 bits per heavy atom. The molecule has 0 amide bonds. The number of nitrogens with zero attached hydrogens (tertiary/aromatic N) is 2. The van der Waals surface area contributed by atoms with Gasteiger partial charge in [0.1, 0.15) is 12.2 Å². The molecule has 1 aromatic carbocycles. The Labute approximate surface area is 147 Å². The summed E-state index contributed by atoms with van der Waals surface area (Å²) in [6.07, 6.45) is 2.57. The number of hydrogen-bond donors (Lipinski definition) is 0. The van der Waals surface area contributed by atoms with Crippen LogP contribution in [0.25, 0.3) is 0 Å². The van der Waals surface area contributed by atoms with Crippen LogP contribution in [0, 0.1) is 0 Å². The molecule has 0 N–H and O–H groups in total. The summed E-state index contributed by atoms with van der Waals surface area (Å²) in [6, 6.07) is 11.3. The van der Waals surface area contributed by atoms with Crippen LogP contribution in [0.2, 0.25) is 0 Å². The quantitative estimate of drug-likeness (QED) is 0.747. The van der Waals surface area contributed by atoms with Gasteiger partial charge in [0.05, 0.1) is 5.69 Å². The largest absolute Gasteiger partial charge is 0.461 e. The standard InChI is InChI=1S/C19H24N2O4/c1-19(2,3)25-18(23)21-13-12-16(20-21)10-7-11-17(22)24-14-15-8-5-4-6-9-15/h4-6,8-9,12-13H,7,10-11,14H2,1-3H3. The Morgan fingerprint density at radius 1 is 1.12 bits per heavy atom. The van der Waals surface area contributed by atoms with Crippen molar-refractivity contribution in [3.8, 4) is 0 Å². The van der Waals surface area contributed by atoms with Crippen molar-refractivity contribution in [2.75, 3.05) is 0 Å². The van der Waals surface area contributed by atoms with Crippen molar-refractivity contribution in [3.63, 3.8) is 0 Å². The van der Waals surface area contributed by atoms with Crippen LogP contribution in [0.1, 0.15) is 44.9 Å². The molecule has 25 heavy (non-hydrogen) atoms. The van der Waals surface area contributed by atoms with Crippen LogP contribution in [0.3, 0.4) is 0 Å². The van der Waals surface area contributed by atoms with E-state index in [2.05, 4.69) is 5.10 Å². The Hall–Kier alpha value is -2.63. The third-order valence-electron chi connectivity index (χ3n) is 3.28. The number of esters is 1. The summed E-state index contributed by atoms with van der Waals surface area (Å²) >= 11 is 0. The molecule has 0 spiro atoms. The van der Waals surface area contributed by atoms with Gasteiger partial charge in [-0.1, -0.05) is 30.3 Å². The second-order valence-electron chi connectivity index (χ2n) is 6.73. The number of benzene rings is 1. The smallest absolute Gasteiger partial charge is 0.435 e. The van der Waals surface area contributed by atoms with Crippen molar-refractivity contribution in [1.82, 2.24) is 9.78 Å². The predicted molar refractivity (Wildman–Crippen MR) is 93.0 cm³/mol. The molecule has 0 saturated heterocycles. The molecule has 0 aliphatic rings. The summed E-state index contributed by atoms with van der Waals surface area (Å²) in [7, 11) is 0. The van der Waals surface area contributed by atoms with E-state index >= 15 is 0 Å². The first-order chi connectivity index (χ1) is 11.8. The van der Waals surface area contributed by atoms with Crippen LogP contribution in [0.5, 0.6) is 0 Å². The van der Waals surface area contributed by atoms with Gasteiger partial charge in [-0.3, -0.25) is 4.79 Å². The molecule has 0 atom stereocenters. The molecule has 6 nitrogen and oxygen atoms in total. The van der Waals surface area contributed by atoms with E-state index < -0.39 is 11.7 Å². The predicted octanol–water partition coefficient (Wildman–Crippen LogP) is 3.73. The lowest BCUT2D eigenvalue weighted by molar-refractivity contribution is -0.145. The Morgan fingerprint density at radius 3 is 2.52 bits per heavy atom. The molecule has 2 aromatic rings. The fourth-order valence-electron chi connectivity index (χ4n) is 2.13. The van der Waals surface area contributed by atoms with Crippen LogP contribution in [-0.4, -0.2) is 27.4 Å². The zero-order valence-corrected chi connectivity index (χ0v) is 14.9. The zero-order valence-electron chi connectivity index (χ0n) is 14.9. The van der Waals surface area contributed by atoms with Crippen LogP contribution in [-0.2, 0) is 27.3 Å². The molecule has 6 heteroatoms. The third kappa shape index (κ3) is 6.79. The first kappa shape index (κ1) is 18.7. The van der Waals surface area contributed by atoms with E-state index in [-0.39, 0.29) is 12.6 Å². The highest BCUT2D eigenvalue weighted by atomic mass is 16.6. The van der Waals surface area contributed by atoms with Gasteiger partial charge in [0.2, 0.25) is 0 Å². The van der Waals surface area contributed by atoms with E-state index in [1.54, 1.807) is 33.0 Å². The number of ether oxygens (including phenoxy) is 2. The lowest BCUT2D eigenvalue weighted by Crippen LogP contribution is -2.27. The van der Waals surface area contributed by atoms with E-state index in [0.29, 0.717) is 19.3 Å². The average molecular weight is 344 g/mol. The molecule has 1 aromatic heterocycles. The minimum atomic E-state index is -0.564. The van der Waals surface area contributed by atoms with E-state index in [1.165, 1.54) is 4.68 Å². The Bertz CT molecular complexity index is 702.